The van der Waals surface area contributed by atoms with Crippen LogP contribution in [0.5, 0.6) is 5.75 Å². The standard InChI is InChI=1S/C28H33F3N4O5/c29-28(30,31)24-16-21(7-10-25(24)35(37)38)32-20-5-8-22(9-6-20)39-18-27(36)34-13-11-33(12-14-34)17-23-15-19-3-1-2-4-26(19)40-23/h1-4,7,10,16,20,22-23,32H,5-6,8-9,11-15,17-18H2/t20-,22-,23?. The van der Waals surface area contributed by atoms with Gasteiger partial charge in [-0.3, -0.25) is 19.8 Å². The lowest BCUT2D eigenvalue weighted by atomic mass is 9.92. The maximum absolute atomic E-state index is 13.3. The van der Waals surface area contributed by atoms with Gasteiger partial charge >= 0.3 is 6.18 Å². The zero-order chi connectivity index (χ0) is 28.3. The highest BCUT2D eigenvalue weighted by Crippen LogP contribution is 2.38. The van der Waals surface area contributed by atoms with Crippen molar-refractivity contribution < 1.29 is 32.4 Å². The average molecular weight is 563 g/mol. The van der Waals surface area contributed by atoms with Crippen molar-refractivity contribution >= 4 is 17.3 Å². The van der Waals surface area contributed by atoms with Crippen molar-refractivity contribution in [1.29, 1.82) is 0 Å². The van der Waals surface area contributed by atoms with Crippen molar-refractivity contribution in [2.75, 3.05) is 44.6 Å². The molecule has 2 fully saturated rings. The fourth-order valence-electron chi connectivity index (χ4n) is 5.73. The molecular weight excluding hydrogens is 529 g/mol. The highest BCUT2D eigenvalue weighted by Gasteiger charge is 2.38. The summed E-state index contributed by atoms with van der Waals surface area (Å²) in [6.45, 7) is 3.72. The Labute approximate surface area is 230 Å². The van der Waals surface area contributed by atoms with Crippen LogP contribution >= 0.6 is 0 Å². The minimum absolute atomic E-state index is 0.0150. The number of nitrogens with zero attached hydrogens (tertiary/aromatic N) is 3. The summed E-state index contributed by atoms with van der Waals surface area (Å²) < 4.78 is 51.7. The zero-order valence-electron chi connectivity index (χ0n) is 22.1. The average Bonchev–Trinajstić information content (AvgIpc) is 3.34. The lowest BCUT2D eigenvalue weighted by Crippen LogP contribution is -2.51. The molecule has 2 aliphatic heterocycles. The number of hydrogen-bond donors (Lipinski definition) is 1. The molecule has 1 amide bonds. The quantitative estimate of drug-likeness (QED) is 0.374. The number of anilines is 1. The van der Waals surface area contributed by atoms with Crippen molar-refractivity contribution in [3.05, 3.63) is 63.7 Å². The molecule has 0 spiro atoms. The third kappa shape index (κ3) is 6.84. The molecule has 0 radical (unpaired) electrons. The summed E-state index contributed by atoms with van der Waals surface area (Å²) in [5.74, 6) is 0.931. The Kier molecular flexibility index (Phi) is 8.46. The Balaban J connectivity index is 1.00. The number of halogens is 3. The number of nitro benzene ring substituents is 1. The smallest absolute Gasteiger partial charge is 0.423 e. The third-order valence-electron chi connectivity index (χ3n) is 7.89. The predicted octanol–water partition coefficient (Wildman–Crippen LogP) is 4.50. The summed E-state index contributed by atoms with van der Waals surface area (Å²) in [5.41, 5.74) is -0.794. The highest BCUT2D eigenvalue weighted by molar-refractivity contribution is 5.77. The minimum Gasteiger partial charge on any atom is -0.488 e. The van der Waals surface area contributed by atoms with Gasteiger partial charge in [-0.2, -0.15) is 13.2 Å². The van der Waals surface area contributed by atoms with E-state index in [-0.39, 0.29) is 36.5 Å². The molecule has 12 heteroatoms. The van der Waals surface area contributed by atoms with Gasteiger partial charge in [-0.15, -0.1) is 0 Å². The normalized spacial score (nSPS) is 23.4. The Morgan fingerprint density at radius 1 is 1.07 bits per heavy atom. The molecule has 1 unspecified atom stereocenters. The van der Waals surface area contributed by atoms with E-state index in [4.69, 9.17) is 9.47 Å². The molecule has 1 saturated heterocycles. The molecule has 1 aliphatic carbocycles. The number of alkyl halides is 3. The number of benzene rings is 2. The number of ether oxygens (including phenoxy) is 2. The highest BCUT2D eigenvalue weighted by atomic mass is 19.4. The van der Waals surface area contributed by atoms with Gasteiger partial charge in [-0.05, 0) is 49.4 Å². The molecule has 2 aromatic rings. The summed E-state index contributed by atoms with van der Waals surface area (Å²) >= 11 is 0. The Morgan fingerprint density at radius 2 is 1.80 bits per heavy atom. The summed E-state index contributed by atoms with van der Waals surface area (Å²) in [6.07, 6.45) is -1.22. The van der Waals surface area contributed by atoms with Crippen molar-refractivity contribution in [2.45, 2.75) is 56.5 Å². The van der Waals surface area contributed by atoms with Gasteiger partial charge in [0.25, 0.3) is 5.69 Å². The van der Waals surface area contributed by atoms with Gasteiger partial charge < -0.3 is 19.7 Å². The molecule has 1 saturated carbocycles. The van der Waals surface area contributed by atoms with Crippen molar-refractivity contribution in [2.24, 2.45) is 0 Å². The topological polar surface area (TPSA) is 97.2 Å². The van der Waals surface area contributed by atoms with Crippen molar-refractivity contribution in [3.8, 4) is 5.75 Å². The van der Waals surface area contributed by atoms with E-state index in [0.717, 1.165) is 43.9 Å². The first kappa shape index (κ1) is 28.2. The van der Waals surface area contributed by atoms with Crippen LogP contribution in [0.1, 0.15) is 36.8 Å². The van der Waals surface area contributed by atoms with E-state index in [1.807, 2.05) is 23.1 Å². The second-order valence-corrected chi connectivity index (χ2v) is 10.6. The van der Waals surface area contributed by atoms with E-state index in [0.29, 0.717) is 38.8 Å². The molecule has 2 aromatic carbocycles. The predicted molar refractivity (Wildman–Crippen MR) is 141 cm³/mol. The molecule has 3 aliphatic rings. The molecule has 1 atom stereocenters. The fourth-order valence-corrected chi connectivity index (χ4v) is 5.73. The van der Waals surface area contributed by atoms with Crippen LogP contribution in [-0.4, -0.2) is 78.2 Å². The van der Waals surface area contributed by atoms with E-state index in [9.17, 15) is 28.1 Å². The van der Waals surface area contributed by atoms with Gasteiger partial charge in [0.15, 0.2) is 0 Å². The number of piperazine rings is 1. The molecule has 0 aromatic heterocycles. The van der Waals surface area contributed by atoms with Crippen LogP contribution in [0.4, 0.5) is 24.5 Å². The molecule has 40 heavy (non-hydrogen) atoms. The van der Waals surface area contributed by atoms with Crippen molar-refractivity contribution in [1.82, 2.24) is 9.80 Å². The molecule has 5 rings (SSSR count). The van der Waals surface area contributed by atoms with Crippen LogP contribution in [0, 0.1) is 10.1 Å². The lowest BCUT2D eigenvalue weighted by Gasteiger charge is -2.36. The van der Waals surface area contributed by atoms with Crippen LogP contribution < -0.4 is 10.1 Å². The number of amides is 1. The van der Waals surface area contributed by atoms with E-state index in [1.54, 1.807) is 0 Å². The maximum Gasteiger partial charge on any atom is 0.423 e. The van der Waals surface area contributed by atoms with Gasteiger partial charge in [0.05, 0.1) is 11.0 Å². The number of carbonyl (C=O) groups excluding carboxylic acids is 1. The third-order valence-corrected chi connectivity index (χ3v) is 7.89. The van der Waals surface area contributed by atoms with Gasteiger partial charge in [-0.1, -0.05) is 18.2 Å². The largest absolute Gasteiger partial charge is 0.488 e. The molecule has 2 heterocycles. The Bertz CT molecular complexity index is 1190. The number of nitro groups is 1. The van der Waals surface area contributed by atoms with Crippen LogP contribution in [0.2, 0.25) is 0 Å². The van der Waals surface area contributed by atoms with Crippen LogP contribution in [-0.2, 0) is 22.1 Å². The number of para-hydroxylation sites is 1. The Hall–Kier alpha value is -3.38. The number of rotatable bonds is 8. The first-order valence-electron chi connectivity index (χ1n) is 13.6. The second kappa shape index (κ2) is 12.0. The van der Waals surface area contributed by atoms with Gasteiger partial charge in [0, 0.05) is 56.9 Å². The SMILES string of the molecule is O=C(CO[C@H]1CC[C@H](Nc2ccc([N+](=O)[O-])c(C(F)(F)F)c2)CC1)N1CCN(CC2Cc3ccccc3O2)CC1. The van der Waals surface area contributed by atoms with Crippen molar-refractivity contribution in [3.63, 3.8) is 0 Å². The first-order valence-corrected chi connectivity index (χ1v) is 13.6. The van der Waals surface area contributed by atoms with E-state index in [2.05, 4.69) is 16.3 Å². The second-order valence-electron chi connectivity index (χ2n) is 10.6. The molecule has 9 nitrogen and oxygen atoms in total. The Morgan fingerprint density at radius 3 is 2.48 bits per heavy atom. The van der Waals surface area contributed by atoms with E-state index < -0.39 is 22.4 Å². The molecular formula is C28H33F3N4O5. The van der Waals surface area contributed by atoms with Gasteiger partial charge in [-0.25, -0.2) is 0 Å². The minimum atomic E-state index is -4.82. The summed E-state index contributed by atoms with van der Waals surface area (Å²) in [7, 11) is 0. The summed E-state index contributed by atoms with van der Waals surface area (Å²) in [4.78, 5) is 26.8. The number of hydrogen-bond acceptors (Lipinski definition) is 7. The summed E-state index contributed by atoms with van der Waals surface area (Å²) in [6, 6.07) is 11.0. The lowest BCUT2D eigenvalue weighted by molar-refractivity contribution is -0.388. The number of carbonyl (C=O) groups is 1. The zero-order valence-corrected chi connectivity index (χ0v) is 22.1. The first-order chi connectivity index (χ1) is 19.2. The fraction of sp³-hybridized carbons (Fsp3) is 0.536. The van der Waals surface area contributed by atoms with Crippen LogP contribution in [0.3, 0.4) is 0 Å². The van der Waals surface area contributed by atoms with Crippen LogP contribution in [0.25, 0.3) is 0 Å². The molecule has 216 valence electrons. The van der Waals surface area contributed by atoms with Crippen LogP contribution in [0.15, 0.2) is 42.5 Å². The van der Waals surface area contributed by atoms with E-state index in [1.165, 1.54) is 11.6 Å². The molecule has 0 bridgehead atoms. The number of fused-ring (bicyclic) bond motifs is 1. The molecule has 1 N–H and O–H groups in total. The summed E-state index contributed by atoms with van der Waals surface area (Å²) in [5, 5.41) is 14.0. The number of nitrogens with one attached hydrogen (secondary N) is 1. The van der Waals surface area contributed by atoms with Gasteiger partial charge in [0.1, 0.15) is 24.0 Å². The van der Waals surface area contributed by atoms with E-state index >= 15 is 0 Å². The monoisotopic (exact) mass is 562 g/mol. The van der Waals surface area contributed by atoms with Gasteiger partial charge in [0.2, 0.25) is 5.91 Å². The maximum atomic E-state index is 13.3.